The summed E-state index contributed by atoms with van der Waals surface area (Å²) >= 11 is 0. The first-order valence-corrected chi connectivity index (χ1v) is 34.3. The Kier molecular flexibility index (Phi) is 63.6. The summed E-state index contributed by atoms with van der Waals surface area (Å²) in [5.41, 5.74) is 0. The summed E-state index contributed by atoms with van der Waals surface area (Å²) < 4.78 is 17.0. The van der Waals surface area contributed by atoms with Crippen molar-refractivity contribution < 1.29 is 28.6 Å². The van der Waals surface area contributed by atoms with Crippen LogP contribution in [0.15, 0.2) is 24.3 Å². The average molecular weight is 1070 g/mol. The van der Waals surface area contributed by atoms with Crippen molar-refractivity contribution in [3.05, 3.63) is 24.3 Å². The summed E-state index contributed by atoms with van der Waals surface area (Å²) in [6, 6.07) is 0. The summed E-state index contributed by atoms with van der Waals surface area (Å²) in [5.74, 6) is -0.848. The third kappa shape index (κ3) is 62.7. The minimum Gasteiger partial charge on any atom is -0.462 e. The van der Waals surface area contributed by atoms with Gasteiger partial charge in [0.1, 0.15) is 13.2 Å². The lowest BCUT2D eigenvalue weighted by Gasteiger charge is -2.18. The molecule has 0 aromatic carbocycles. The van der Waals surface area contributed by atoms with Crippen LogP contribution in [0.25, 0.3) is 0 Å². The Hall–Kier alpha value is -2.11. The zero-order valence-electron chi connectivity index (χ0n) is 51.6. The van der Waals surface area contributed by atoms with Crippen LogP contribution in [0.2, 0.25) is 0 Å². The molecule has 0 aliphatic heterocycles. The van der Waals surface area contributed by atoms with Crippen molar-refractivity contribution in [1.29, 1.82) is 0 Å². The van der Waals surface area contributed by atoms with Gasteiger partial charge in [-0.3, -0.25) is 14.4 Å². The maximum absolute atomic E-state index is 12.9. The van der Waals surface area contributed by atoms with E-state index in [9.17, 15) is 14.4 Å². The Morgan fingerprint density at radius 1 is 0.250 bits per heavy atom. The van der Waals surface area contributed by atoms with E-state index in [2.05, 4.69) is 45.1 Å². The van der Waals surface area contributed by atoms with Crippen molar-refractivity contribution in [2.45, 2.75) is 393 Å². The minimum atomic E-state index is -0.773. The van der Waals surface area contributed by atoms with Gasteiger partial charge in [0.25, 0.3) is 0 Å². The number of hydrogen-bond donors (Lipinski definition) is 0. The second kappa shape index (κ2) is 65.4. The zero-order valence-corrected chi connectivity index (χ0v) is 51.6. The molecule has 0 fully saturated rings. The molecule has 0 rings (SSSR count). The van der Waals surface area contributed by atoms with E-state index in [-0.39, 0.29) is 31.1 Å². The van der Waals surface area contributed by atoms with Crippen LogP contribution in [0.3, 0.4) is 0 Å². The normalized spacial score (nSPS) is 12.1. The Bertz CT molecular complexity index is 1230. The van der Waals surface area contributed by atoms with Crippen molar-refractivity contribution in [2.75, 3.05) is 13.2 Å². The van der Waals surface area contributed by atoms with Gasteiger partial charge in [-0.05, 0) is 70.6 Å². The summed E-state index contributed by atoms with van der Waals surface area (Å²) in [7, 11) is 0. The molecular weight excluding hydrogens is 937 g/mol. The minimum absolute atomic E-state index is 0.0690. The first-order chi connectivity index (χ1) is 37.5. The van der Waals surface area contributed by atoms with Crippen LogP contribution >= 0.6 is 0 Å². The predicted octanol–water partition coefficient (Wildman–Crippen LogP) is 23.4. The van der Waals surface area contributed by atoms with Gasteiger partial charge in [-0.15, -0.1) is 0 Å². The lowest BCUT2D eigenvalue weighted by molar-refractivity contribution is -0.167. The average Bonchev–Trinajstić information content (AvgIpc) is 3.42. The van der Waals surface area contributed by atoms with Gasteiger partial charge in [-0.25, -0.2) is 0 Å². The highest BCUT2D eigenvalue weighted by Gasteiger charge is 2.19. The van der Waals surface area contributed by atoms with E-state index in [0.29, 0.717) is 19.3 Å². The number of hydrogen-bond acceptors (Lipinski definition) is 6. The molecule has 6 heteroatoms. The second-order valence-corrected chi connectivity index (χ2v) is 23.4. The van der Waals surface area contributed by atoms with Gasteiger partial charge in [0.15, 0.2) is 6.10 Å². The van der Waals surface area contributed by atoms with E-state index >= 15 is 0 Å². The van der Waals surface area contributed by atoms with Crippen molar-refractivity contribution in [2.24, 2.45) is 0 Å². The van der Waals surface area contributed by atoms with Gasteiger partial charge >= 0.3 is 17.9 Å². The van der Waals surface area contributed by atoms with Gasteiger partial charge in [0.2, 0.25) is 0 Å². The molecule has 0 heterocycles. The standard InChI is InChI=1S/C70H132O6/c1-4-7-10-13-16-19-22-25-28-31-33-34-35-36-37-40-42-45-48-51-54-57-60-63-69(72)75-66-67(65-74-68(71)62-59-56-53-50-47-44-41-38-30-27-24-21-18-15-12-9-6-3)76-70(73)64-61-58-55-52-49-46-43-39-32-29-26-23-20-17-14-11-8-5-2/h27,29-30,32,67H,4-26,28,31,33-66H2,1-3H3/b30-27-,32-29-. The van der Waals surface area contributed by atoms with Crippen molar-refractivity contribution >= 4 is 17.9 Å². The molecule has 0 amide bonds. The number of esters is 3. The van der Waals surface area contributed by atoms with Gasteiger partial charge in [0, 0.05) is 19.3 Å². The van der Waals surface area contributed by atoms with Crippen LogP contribution in [-0.2, 0) is 28.6 Å². The Labute approximate surface area is 474 Å². The van der Waals surface area contributed by atoms with Crippen LogP contribution < -0.4 is 0 Å². The number of rotatable bonds is 64. The number of unbranched alkanes of at least 4 members (excludes halogenated alkanes) is 49. The van der Waals surface area contributed by atoms with Crippen molar-refractivity contribution in [3.63, 3.8) is 0 Å². The van der Waals surface area contributed by atoms with E-state index in [1.165, 1.54) is 289 Å². The van der Waals surface area contributed by atoms with Crippen LogP contribution in [0.1, 0.15) is 387 Å². The summed E-state index contributed by atoms with van der Waals surface area (Å²) in [6.45, 7) is 6.71. The fraction of sp³-hybridized carbons (Fsp3) is 0.900. The lowest BCUT2D eigenvalue weighted by atomic mass is 10.0. The fourth-order valence-corrected chi connectivity index (χ4v) is 10.5. The third-order valence-electron chi connectivity index (χ3n) is 15.7. The Balaban J connectivity index is 4.29. The van der Waals surface area contributed by atoms with Gasteiger partial charge < -0.3 is 14.2 Å². The van der Waals surface area contributed by atoms with Crippen LogP contribution in [0, 0.1) is 0 Å². The highest BCUT2D eigenvalue weighted by atomic mass is 16.6. The predicted molar refractivity (Wildman–Crippen MR) is 330 cm³/mol. The maximum atomic E-state index is 12.9. The molecule has 0 saturated heterocycles. The molecule has 0 radical (unpaired) electrons. The molecule has 0 N–H and O–H groups in total. The van der Waals surface area contributed by atoms with E-state index in [1.54, 1.807) is 0 Å². The molecule has 76 heavy (non-hydrogen) atoms. The van der Waals surface area contributed by atoms with Crippen LogP contribution in [0.4, 0.5) is 0 Å². The van der Waals surface area contributed by atoms with E-state index in [0.717, 1.165) is 57.8 Å². The van der Waals surface area contributed by atoms with Crippen LogP contribution in [-0.4, -0.2) is 37.2 Å². The molecule has 0 aromatic heterocycles. The molecule has 6 nitrogen and oxygen atoms in total. The number of carbonyl (C=O) groups excluding carboxylic acids is 3. The molecule has 1 atom stereocenters. The van der Waals surface area contributed by atoms with E-state index in [1.807, 2.05) is 0 Å². The van der Waals surface area contributed by atoms with Gasteiger partial charge in [-0.2, -0.15) is 0 Å². The quantitative estimate of drug-likeness (QED) is 0.0261. The molecule has 0 saturated carbocycles. The molecule has 0 aliphatic rings. The molecule has 1 unspecified atom stereocenters. The summed E-state index contributed by atoms with van der Waals surface area (Å²) in [6.07, 6.45) is 79.1. The second-order valence-electron chi connectivity index (χ2n) is 23.4. The fourth-order valence-electron chi connectivity index (χ4n) is 10.5. The molecule has 0 aliphatic carbocycles. The largest absolute Gasteiger partial charge is 0.462 e. The number of ether oxygens (including phenoxy) is 3. The van der Waals surface area contributed by atoms with Crippen molar-refractivity contribution in [1.82, 2.24) is 0 Å². The monoisotopic (exact) mass is 1070 g/mol. The van der Waals surface area contributed by atoms with Gasteiger partial charge in [-0.1, -0.05) is 321 Å². The molecular formula is C70H132O6. The van der Waals surface area contributed by atoms with E-state index < -0.39 is 6.10 Å². The zero-order chi connectivity index (χ0) is 55.0. The first-order valence-electron chi connectivity index (χ1n) is 34.3. The Morgan fingerprint density at radius 3 is 0.658 bits per heavy atom. The number of carbonyl (C=O) groups is 3. The Morgan fingerprint density at radius 2 is 0.434 bits per heavy atom. The summed E-state index contributed by atoms with van der Waals surface area (Å²) in [5, 5.41) is 0. The van der Waals surface area contributed by atoms with Crippen molar-refractivity contribution in [3.8, 4) is 0 Å². The molecule has 0 aromatic rings. The number of allylic oxidation sites excluding steroid dienone is 4. The molecule has 448 valence electrons. The highest BCUT2D eigenvalue weighted by Crippen LogP contribution is 2.18. The third-order valence-corrected chi connectivity index (χ3v) is 15.7. The lowest BCUT2D eigenvalue weighted by Crippen LogP contribution is -2.30. The maximum Gasteiger partial charge on any atom is 0.306 e. The van der Waals surface area contributed by atoms with Gasteiger partial charge in [0.05, 0.1) is 0 Å². The van der Waals surface area contributed by atoms with Crippen LogP contribution in [0.5, 0.6) is 0 Å². The summed E-state index contributed by atoms with van der Waals surface area (Å²) in [4.78, 5) is 38.4. The smallest absolute Gasteiger partial charge is 0.306 e. The molecule has 0 bridgehead atoms. The molecule has 0 spiro atoms. The van der Waals surface area contributed by atoms with E-state index in [4.69, 9.17) is 14.2 Å². The SMILES string of the molecule is CCCCCCCC/C=C\CCCCCCCCCC(=O)OCC(COC(=O)CCCCCCCCCCCCCCCCCCCCCCCCC)OC(=O)CCCCCCCCC/C=C\CCCCCCCCC. The first kappa shape index (κ1) is 73.9. The highest BCUT2D eigenvalue weighted by molar-refractivity contribution is 5.71. The topological polar surface area (TPSA) is 78.9 Å².